The third-order valence-corrected chi connectivity index (χ3v) is 7.15. The molecule has 1 aromatic carbocycles. The highest BCUT2D eigenvalue weighted by Gasteiger charge is 2.45. The first-order valence-corrected chi connectivity index (χ1v) is 11.6. The molecule has 0 unspecified atom stereocenters. The fraction of sp³-hybridized carbons (Fsp3) is 0.500. The number of anilines is 1. The standard InChI is InChI=1S/C20H24F2N4O3S/c1-12-16(27)11-26(12)19-23-17(15-7-8-20(21,22)18(15)24-19)14-6-4-5-13(9-14)10-25(2)30(3,28)29/h4-6,9,12,16,27H,7-8,10-11H2,1-3H3/t12-,16+/m0/s1. The number of aliphatic hydroxyl groups is 1. The molecule has 1 aromatic heterocycles. The molecular formula is C20H24F2N4O3S. The maximum absolute atomic E-state index is 14.5. The Kier molecular flexibility index (Phi) is 5.06. The Labute approximate surface area is 174 Å². The van der Waals surface area contributed by atoms with Crippen molar-refractivity contribution in [1.29, 1.82) is 0 Å². The van der Waals surface area contributed by atoms with Gasteiger partial charge in [0.05, 0.1) is 24.1 Å². The predicted octanol–water partition coefficient (Wildman–Crippen LogP) is 2.14. The van der Waals surface area contributed by atoms with Crippen LogP contribution in [-0.2, 0) is 28.9 Å². The third-order valence-electron chi connectivity index (χ3n) is 5.89. The van der Waals surface area contributed by atoms with Crippen LogP contribution in [0.15, 0.2) is 24.3 Å². The van der Waals surface area contributed by atoms with Crippen LogP contribution >= 0.6 is 0 Å². The van der Waals surface area contributed by atoms with Crippen LogP contribution in [0.1, 0.15) is 30.2 Å². The number of benzene rings is 1. The molecule has 7 nitrogen and oxygen atoms in total. The van der Waals surface area contributed by atoms with Crippen LogP contribution in [0.5, 0.6) is 0 Å². The van der Waals surface area contributed by atoms with Crippen LogP contribution < -0.4 is 4.90 Å². The van der Waals surface area contributed by atoms with Crippen molar-refractivity contribution >= 4 is 16.0 Å². The van der Waals surface area contributed by atoms with Crippen LogP contribution in [0.2, 0.25) is 0 Å². The summed E-state index contributed by atoms with van der Waals surface area (Å²) in [6, 6.07) is 6.86. The van der Waals surface area contributed by atoms with Gasteiger partial charge in [-0.25, -0.2) is 22.7 Å². The number of aromatic nitrogens is 2. The van der Waals surface area contributed by atoms with Crippen molar-refractivity contribution < 1.29 is 22.3 Å². The van der Waals surface area contributed by atoms with Crippen molar-refractivity contribution in [3.63, 3.8) is 0 Å². The summed E-state index contributed by atoms with van der Waals surface area (Å²) >= 11 is 0. The maximum atomic E-state index is 14.5. The second-order valence-corrected chi connectivity index (χ2v) is 10.2. The largest absolute Gasteiger partial charge is 0.389 e. The molecule has 30 heavy (non-hydrogen) atoms. The summed E-state index contributed by atoms with van der Waals surface area (Å²) in [6.45, 7) is 2.26. The Morgan fingerprint density at radius 1 is 1.33 bits per heavy atom. The molecule has 2 aromatic rings. The molecule has 10 heteroatoms. The van der Waals surface area contributed by atoms with E-state index in [1.165, 1.54) is 11.4 Å². The van der Waals surface area contributed by atoms with E-state index < -0.39 is 22.0 Å². The Bertz CT molecular complexity index is 1090. The van der Waals surface area contributed by atoms with Crippen molar-refractivity contribution in [2.24, 2.45) is 0 Å². The highest BCUT2D eigenvalue weighted by molar-refractivity contribution is 7.88. The van der Waals surface area contributed by atoms with Gasteiger partial charge in [0.2, 0.25) is 16.0 Å². The first-order chi connectivity index (χ1) is 14.0. The van der Waals surface area contributed by atoms with Crippen LogP contribution in [0.4, 0.5) is 14.7 Å². The van der Waals surface area contributed by atoms with E-state index >= 15 is 0 Å². The molecule has 0 spiro atoms. The number of hydrogen-bond acceptors (Lipinski definition) is 6. The lowest BCUT2D eigenvalue weighted by molar-refractivity contribution is -0.00603. The van der Waals surface area contributed by atoms with Gasteiger partial charge in [-0.05, 0) is 25.0 Å². The van der Waals surface area contributed by atoms with E-state index in [0.29, 0.717) is 23.4 Å². The highest BCUT2D eigenvalue weighted by atomic mass is 32.2. The number of hydrogen-bond donors (Lipinski definition) is 1. The van der Waals surface area contributed by atoms with Gasteiger partial charge >= 0.3 is 0 Å². The molecule has 2 atom stereocenters. The molecule has 2 aliphatic rings. The van der Waals surface area contributed by atoms with Gasteiger partial charge in [0, 0.05) is 37.7 Å². The summed E-state index contributed by atoms with van der Waals surface area (Å²) in [5.74, 6) is -2.84. The van der Waals surface area contributed by atoms with Crippen LogP contribution in [0, 0.1) is 0 Å². The molecule has 0 radical (unpaired) electrons. The number of sulfonamides is 1. The second-order valence-electron chi connectivity index (χ2n) is 8.08. The van der Waals surface area contributed by atoms with E-state index in [1.54, 1.807) is 36.1 Å². The van der Waals surface area contributed by atoms with E-state index in [4.69, 9.17) is 0 Å². The van der Waals surface area contributed by atoms with Gasteiger partial charge in [-0.3, -0.25) is 0 Å². The number of rotatable bonds is 5. The zero-order valence-corrected chi connectivity index (χ0v) is 17.8. The number of alkyl halides is 2. The zero-order valence-electron chi connectivity index (χ0n) is 17.0. The van der Waals surface area contributed by atoms with Gasteiger partial charge in [0.15, 0.2) is 0 Å². The lowest BCUT2D eigenvalue weighted by Crippen LogP contribution is -2.59. The molecule has 2 heterocycles. The number of fused-ring (bicyclic) bond motifs is 1. The third kappa shape index (κ3) is 3.67. The predicted molar refractivity (Wildman–Crippen MR) is 109 cm³/mol. The van der Waals surface area contributed by atoms with Gasteiger partial charge < -0.3 is 10.0 Å². The van der Waals surface area contributed by atoms with E-state index in [9.17, 15) is 22.3 Å². The molecule has 0 amide bonds. The van der Waals surface area contributed by atoms with E-state index in [1.807, 2.05) is 0 Å². The minimum Gasteiger partial charge on any atom is -0.389 e. The van der Waals surface area contributed by atoms with Gasteiger partial charge in [-0.1, -0.05) is 18.2 Å². The van der Waals surface area contributed by atoms with E-state index in [2.05, 4.69) is 9.97 Å². The Balaban J connectivity index is 1.77. The number of halogens is 2. The fourth-order valence-corrected chi connectivity index (χ4v) is 4.21. The first kappa shape index (κ1) is 21.1. The zero-order chi connectivity index (χ0) is 21.8. The maximum Gasteiger partial charge on any atom is 0.290 e. The summed E-state index contributed by atoms with van der Waals surface area (Å²) < 4.78 is 53.7. The molecule has 1 fully saturated rings. The van der Waals surface area contributed by atoms with Crippen molar-refractivity contribution in [3.05, 3.63) is 41.1 Å². The Morgan fingerprint density at radius 2 is 2.07 bits per heavy atom. The molecule has 4 rings (SSSR count). The van der Waals surface area contributed by atoms with Crippen molar-refractivity contribution in [2.45, 2.75) is 44.4 Å². The molecule has 162 valence electrons. The van der Waals surface area contributed by atoms with Crippen molar-refractivity contribution in [3.8, 4) is 11.3 Å². The molecule has 1 N–H and O–H groups in total. The molecular weight excluding hydrogens is 414 g/mol. The fourth-order valence-electron chi connectivity index (χ4n) is 3.82. The van der Waals surface area contributed by atoms with Crippen LogP contribution in [0.3, 0.4) is 0 Å². The lowest BCUT2D eigenvalue weighted by atomic mass is 10.0. The number of aliphatic hydroxyl groups excluding tert-OH is 1. The normalized spacial score (nSPS) is 22.8. The van der Waals surface area contributed by atoms with Gasteiger partial charge in [-0.2, -0.15) is 8.78 Å². The SMILES string of the molecule is C[C@H]1[C@H](O)CN1c1nc(-c2cccc(CN(C)S(C)(=O)=O)c2)c2c(n1)C(F)(F)CC2. The summed E-state index contributed by atoms with van der Waals surface area (Å²) in [5, 5.41) is 9.82. The Hall–Kier alpha value is -2.17. The molecule has 0 bridgehead atoms. The van der Waals surface area contributed by atoms with Crippen molar-refractivity contribution in [2.75, 3.05) is 24.7 Å². The molecule has 1 aliphatic carbocycles. The Morgan fingerprint density at radius 3 is 2.70 bits per heavy atom. The summed E-state index contributed by atoms with van der Waals surface area (Å²) in [6.07, 6.45) is 0.442. The molecule has 1 aliphatic heterocycles. The molecule has 1 saturated heterocycles. The minimum absolute atomic E-state index is 0.165. The highest BCUT2D eigenvalue weighted by Crippen LogP contribution is 2.45. The number of nitrogens with zero attached hydrogens (tertiary/aromatic N) is 4. The van der Waals surface area contributed by atoms with Crippen LogP contribution in [0.25, 0.3) is 11.3 Å². The summed E-state index contributed by atoms with van der Waals surface area (Å²) in [7, 11) is -1.86. The van der Waals surface area contributed by atoms with Crippen LogP contribution in [-0.4, -0.2) is 59.8 Å². The monoisotopic (exact) mass is 438 g/mol. The van der Waals surface area contributed by atoms with E-state index in [-0.39, 0.29) is 37.1 Å². The first-order valence-electron chi connectivity index (χ1n) is 9.72. The van der Waals surface area contributed by atoms with Crippen molar-refractivity contribution in [1.82, 2.24) is 14.3 Å². The summed E-state index contributed by atoms with van der Waals surface area (Å²) in [4.78, 5) is 10.5. The topological polar surface area (TPSA) is 86.6 Å². The number of β-amino-alcohol motifs (C(OH)–C–C–N with tert-alkyl or cyclic N) is 1. The van der Waals surface area contributed by atoms with Gasteiger partial charge in [0.1, 0.15) is 5.69 Å². The van der Waals surface area contributed by atoms with Gasteiger partial charge in [0.25, 0.3) is 5.92 Å². The second kappa shape index (κ2) is 7.21. The summed E-state index contributed by atoms with van der Waals surface area (Å²) in [5.41, 5.74) is 1.97. The smallest absolute Gasteiger partial charge is 0.290 e. The molecule has 0 saturated carbocycles. The van der Waals surface area contributed by atoms with Gasteiger partial charge in [-0.15, -0.1) is 0 Å². The van der Waals surface area contributed by atoms with E-state index in [0.717, 1.165) is 11.8 Å². The lowest BCUT2D eigenvalue weighted by Gasteiger charge is -2.43. The average molecular weight is 439 g/mol. The minimum atomic E-state index is -3.35. The quantitative estimate of drug-likeness (QED) is 0.770. The average Bonchev–Trinajstić information content (AvgIpc) is 2.99.